The second-order valence-corrected chi connectivity index (χ2v) is 7.18. The Bertz CT molecular complexity index is 475. The Labute approximate surface area is 128 Å². The van der Waals surface area contributed by atoms with Gasteiger partial charge in [0.25, 0.3) is 0 Å². The number of carbonyl (C=O) groups is 1. The molecule has 3 nitrogen and oxygen atoms in total. The van der Waals surface area contributed by atoms with Gasteiger partial charge in [-0.25, -0.2) is 0 Å². The zero-order valence-electron chi connectivity index (χ0n) is 13.6. The molecular formula is C18H28N2O. The van der Waals surface area contributed by atoms with Gasteiger partial charge in [-0.1, -0.05) is 57.0 Å². The van der Waals surface area contributed by atoms with Crippen molar-refractivity contribution >= 4 is 5.91 Å². The maximum absolute atomic E-state index is 13.1. The minimum absolute atomic E-state index is 0.0408. The Morgan fingerprint density at radius 3 is 2.33 bits per heavy atom. The zero-order valence-corrected chi connectivity index (χ0v) is 13.6. The van der Waals surface area contributed by atoms with Crippen molar-refractivity contribution in [2.45, 2.75) is 44.9 Å². The summed E-state index contributed by atoms with van der Waals surface area (Å²) in [5.41, 5.74) is 6.63. The molecule has 1 amide bonds. The van der Waals surface area contributed by atoms with E-state index in [9.17, 15) is 4.79 Å². The van der Waals surface area contributed by atoms with Gasteiger partial charge in [-0.05, 0) is 30.4 Å². The van der Waals surface area contributed by atoms with Crippen LogP contribution < -0.4 is 5.73 Å². The van der Waals surface area contributed by atoms with Gasteiger partial charge < -0.3 is 10.6 Å². The molecule has 2 N–H and O–H groups in total. The van der Waals surface area contributed by atoms with E-state index >= 15 is 0 Å². The molecule has 0 aliphatic heterocycles. The summed E-state index contributed by atoms with van der Waals surface area (Å²) in [6.07, 6.45) is 4.19. The first kappa shape index (κ1) is 16.0. The van der Waals surface area contributed by atoms with Crippen LogP contribution in [-0.4, -0.2) is 30.9 Å². The van der Waals surface area contributed by atoms with E-state index in [0.717, 1.165) is 25.7 Å². The van der Waals surface area contributed by atoms with Crippen LogP contribution in [0.25, 0.3) is 0 Å². The summed E-state index contributed by atoms with van der Waals surface area (Å²) in [5, 5.41) is 0. The minimum Gasteiger partial charge on any atom is -0.344 e. The van der Waals surface area contributed by atoms with Gasteiger partial charge in [0.15, 0.2) is 0 Å². The molecular weight excluding hydrogens is 260 g/mol. The normalized spacial score (nSPS) is 17.7. The van der Waals surface area contributed by atoms with E-state index in [-0.39, 0.29) is 16.7 Å². The van der Waals surface area contributed by atoms with Gasteiger partial charge >= 0.3 is 0 Å². The van der Waals surface area contributed by atoms with Gasteiger partial charge in [-0.2, -0.15) is 0 Å². The monoisotopic (exact) mass is 288 g/mol. The lowest BCUT2D eigenvalue weighted by Gasteiger charge is -2.36. The number of hydrogen-bond acceptors (Lipinski definition) is 2. The van der Waals surface area contributed by atoms with Crippen LogP contribution >= 0.6 is 0 Å². The molecule has 116 valence electrons. The molecule has 0 unspecified atom stereocenters. The molecule has 0 atom stereocenters. The predicted octanol–water partition coefficient (Wildman–Crippen LogP) is 2.94. The van der Waals surface area contributed by atoms with Crippen LogP contribution in [0.3, 0.4) is 0 Å². The van der Waals surface area contributed by atoms with Crippen LogP contribution in [0.4, 0.5) is 0 Å². The first-order valence-electron chi connectivity index (χ1n) is 7.92. The molecule has 0 radical (unpaired) electrons. The van der Waals surface area contributed by atoms with Crippen molar-refractivity contribution in [1.29, 1.82) is 0 Å². The molecule has 1 aromatic carbocycles. The molecule has 3 heteroatoms. The van der Waals surface area contributed by atoms with Crippen molar-refractivity contribution in [3.05, 3.63) is 35.9 Å². The van der Waals surface area contributed by atoms with E-state index in [1.807, 2.05) is 30.1 Å². The van der Waals surface area contributed by atoms with Gasteiger partial charge in [0.2, 0.25) is 5.91 Å². The molecule has 21 heavy (non-hydrogen) atoms. The van der Waals surface area contributed by atoms with Crippen molar-refractivity contribution in [2.75, 3.05) is 20.1 Å². The summed E-state index contributed by atoms with van der Waals surface area (Å²) >= 11 is 0. The minimum atomic E-state index is -0.319. The average molecular weight is 288 g/mol. The molecule has 0 aromatic heterocycles. The lowest BCUT2D eigenvalue weighted by atomic mass is 9.77. The average Bonchev–Trinajstić information content (AvgIpc) is 2.97. The summed E-state index contributed by atoms with van der Waals surface area (Å²) in [4.78, 5) is 15.0. The van der Waals surface area contributed by atoms with Crippen molar-refractivity contribution in [1.82, 2.24) is 4.90 Å². The van der Waals surface area contributed by atoms with E-state index in [0.29, 0.717) is 13.1 Å². The molecule has 1 aliphatic rings. The third-order valence-corrected chi connectivity index (χ3v) is 4.76. The molecule has 2 rings (SSSR count). The summed E-state index contributed by atoms with van der Waals surface area (Å²) in [5.74, 6) is 0.257. The summed E-state index contributed by atoms with van der Waals surface area (Å²) in [6, 6.07) is 10.3. The second-order valence-electron chi connectivity index (χ2n) is 7.18. The lowest BCUT2D eigenvalue weighted by molar-refractivity contribution is -0.137. The highest BCUT2D eigenvalue weighted by molar-refractivity contribution is 5.88. The Hall–Kier alpha value is -1.35. The fourth-order valence-corrected chi connectivity index (χ4v) is 3.51. The SMILES string of the molecule is CN(CC(C)(C)CN)C(=O)C1(c2ccccc2)CCCC1. The Morgan fingerprint density at radius 2 is 1.81 bits per heavy atom. The van der Waals surface area contributed by atoms with Crippen LogP contribution in [0.5, 0.6) is 0 Å². The molecule has 1 aliphatic carbocycles. The van der Waals surface area contributed by atoms with Gasteiger partial charge in [0, 0.05) is 13.6 Å². The first-order chi connectivity index (χ1) is 9.91. The highest BCUT2D eigenvalue weighted by Gasteiger charge is 2.44. The molecule has 0 spiro atoms. The number of nitrogens with two attached hydrogens (primary N) is 1. The van der Waals surface area contributed by atoms with Gasteiger partial charge in [-0.3, -0.25) is 4.79 Å². The Balaban J connectivity index is 2.25. The van der Waals surface area contributed by atoms with E-state index in [1.165, 1.54) is 5.56 Å². The van der Waals surface area contributed by atoms with Crippen molar-refractivity contribution in [3.8, 4) is 0 Å². The summed E-state index contributed by atoms with van der Waals surface area (Å²) in [7, 11) is 1.92. The van der Waals surface area contributed by atoms with Crippen molar-refractivity contribution in [2.24, 2.45) is 11.1 Å². The summed E-state index contributed by atoms with van der Waals surface area (Å²) in [6.45, 7) is 5.51. The van der Waals surface area contributed by atoms with Gasteiger partial charge in [0.05, 0.1) is 5.41 Å². The fraction of sp³-hybridized carbons (Fsp3) is 0.611. The Kier molecular flexibility index (Phi) is 4.72. The third-order valence-electron chi connectivity index (χ3n) is 4.76. The number of rotatable bonds is 5. The molecule has 1 fully saturated rings. The number of nitrogens with zero attached hydrogens (tertiary/aromatic N) is 1. The largest absolute Gasteiger partial charge is 0.344 e. The Morgan fingerprint density at radius 1 is 1.24 bits per heavy atom. The van der Waals surface area contributed by atoms with Crippen LogP contribution in [-0.2, 0) is 10.2 Å². The number of amides is 1. The zero-order chi connectivity index (χ0) is 15.5. The number of benzene rings is 1. The summed E-state index contributed by atoms with van der Waals surface area (Å²) < 4.78 is 0. The van der Waals surface area contributed by atoms with E-state index < -0.39 is 0 Å². The predicted molar refractivity (Wildman–Crippen MR) is 87.1 cm³/mol. The van der Waals surface area contributed by atoms with Crippen LogP contribution in [0, 0.1) is 5.41 Å². The van der Waals surface area contributed by atoms with E-state index in [4.69, 9.17) is 5.73 Å². The van der Waals surface area contributed by atoms with Crippen molar-refractivity contribution in [3.63, 3.8) is 0 Å². The highest BCUT2D eigenvalue weighted by atomic mass is 16.2. The third kappa shape index (κ3) is 3.29. The standard InChI is InChI=1S/C18H28N2O/c1-17(2,13-19)14-20(3)16(21)18(11-7-8-12-18)15-9-5-4-6-10-15/h4-6,9-10H,7-8,11-14,19H2,1-3H3. The van der Waals surface area contributed by atoms with Gasteiger partial charge in [-0.15, -0.1) is 0 Å². The van der Waals surface area contributed by atoms with Crippen LogP contribution in [0.2, 0.25) is 0 Å². The van der Waals surface area contributed by atoms with Crippen LogP contribution in [0.15, 0.2) is 30.3 Å². The topological polar surface area (TPSA) is 46.3 Å². The molecule has 0 bridgehead atoms. The fourth-order valence-electron chi connectivity index (χ4n) is 3.51. The second kappa shape index (κ2) is 6.18. The smallest absolute Gasteiger partial charge is 0.232 e. The highest BCUT2D eigenvalue weighted by Crippen LogP contribution is 2.42. The number of hydrogen-bond donors (Lipinski definition) is 1. The van der Waals surface area contributed by atoms with Gasteiger partial charge in [0.1, 0.15) is 0 Å². The number of likely N-dealkylation sites (N-methyl/N-ethyl adjacent to an activating group) is 1. The maximum Gasteiger partial charge on any atom is 0.232 e. The van der Waals surface area contributed by atoms with Crippen molar-refractivity contribution < 1.29 is 4.79 Å². The quantitative estimate of drug-likeness (QED) is 0.905. The van der Waals surface area contributed by atoms with E-state index in [1.54, 1.807) is 0 Å². The lowest BCUT2D eigenvalue weighted by Crippen LogP contribution is -2.48. The molecule has 1 saturated carbocycles. The molecule has 0 heterocycles. The van der Waals surface area contributed by atoms with Crippen LogP contribution in [0.1, 0.15) is 45.1 Å². The van der Waals surface area contributed by atoms with E-state index in [2.05, 4.69) is 26.0 Å². The maximum atomic E-state index is 13.1. The molecule has 1 aromatic rings. The number of carbonyl (C=O) groups excluding carboxylic acids is 1. The molecule has 0 saturated heterocycles. The first-order valence-corrected chi connectivity index (χ1v) is 7.92.